The van der Waals surface area contributed by atoms with Gasteiger partial charge in [-0.25, -0.2) is 9.78 Å². The molecule has 4 rings (SSSR count). The lowest BCUT2D eigenvalue weighted by Gasteiger charge is -2.23. The first-order valence-electron chi connectivity index (χ1n) is 11.1. The summed E-state index contributed by atoms with van der Waals surface area (Å²) in [6.45, 7) is 4.07. The summed E-state index contributed by atoms with van der Waals surface area (Å²) in [6, 6.07) is 12.3. The second kappa shape index (κ2) is 10.5. The Morgan fingerprint density at radius 2 is 1.94 bits per heavy atom. The van der Waals surface area contributed by atoms with Crippen molar-refractivity contribution in [3.63, 3.8) is 0 Å². The molecular weight excluding hydrogens is 504 g/mol. The Kier molecular flexibility index (Phi) is 7.42. The third-order valence-corrected chi connectivity index (χ3v) is 6.92. The summed E-state index contributed by atoms with van der Waals surface area (Å²) in [5, 5.41) is 11.8. The second-order valence-electron chi connectivity index (χ2n) is 8.00. The Morgan fingerprint density at radius 3 is 2.64 bits per heavy atom. The van der Waals surface area contributed by atoms with Crippen molar-refractivity contribution in [1.82, 2.24) is 4.98 Å². The van der Waals surface area contributed by atoms with Gasteiger partial charge in [-0.2, -0.15) is 0 Å². The molecular formula is C26H23ClN2O6S. The number of hydrogen-bond donors (Lipinski definition) is 1. The third kappa shape index (κ3) is 4.72. The molecule has 2 aromatic carbocycles. The maximum atomic E-state index is 13.3. The van der Waals surface area contributed by atoms with Gasteiger partial charge in [0.25, 0.3) is 5.78 Å². The Hall–Kier alpha value is -3.69. The van der Waals surface area contributed by atoms with Gasteiger partial charge in [0.2, 0.25) is 0 Å². The van der Waals surface area contributed by atoms with Crippen LogP contribution in [0, 0.1) is 6.92 Å². The zero-order valence-corrected chi connectivity index (χ0v) is 21.4. The average Bonchev–Trinajstić information content (AvgIpc) is 3.38. The van der Waals surface area contributed by atoms with Gasteiger partial charge in [-0.05, 0) is 43.2 Å². The highest BCUT2D eigenvalue weighted by atomic mass is 35.5. The van der Waals surface area contributed by atoms with Gasteiger partial charge in [0.1, 0.15) is 16.4 Å². The molecule has 1 saturated heterocycles. The van der Waals surface area contributed by atoms with Crippen molar-refractivity contribution in [2.24, 2.45) is 0 Å². The molecule has 1 atom stereocenters. The summed E-state index contributed by atoms with van der Waals surface area (Å²) in [6.07, 6.45) is 0.802. The number of hydrogen-bond acceptors (Lipinski definition) is 8. The highest BCUT2D eigenvalue weighted by molar-refractivity contribution is 7.17. The minimum atomic E-state index is -1.03. The van der Waals surface area contributed by atoms with E-state index in [2.05, 4.69) is 4.98 Å². The number of halogens is 1. The van der Waals surface area contributed by atoms with E-state index in [4.69, 9.17) is 21.1 Å². The quantitative estimate of drug-likeness (QED) is 0.192. The van der Waals surface area contributed by atoms with Gasteiger partial charge in [0.05, 0.1) is 31.0 Å². The minimum Gasteiger partial charge on any atom is -0.507 e. The number of aromatic nitrogens is 1. The predicted octanol–water partition coefficient (Wildman–Crippen LogP) is 5.31. The molecule has 0 aliphatic carbocycles. The average molecular weight is 527 g/mol. The van der Waals surface area contributed by atoms with Gasteiger partial charge < -0.3 is 14.6 Å². The highest BCUT2D eigenvalue weighted by Crippen LogP contribution is 2.44. The first-order chi connectivity index (χ1) is 17.3. The number of esters is 1. The maximum Gasteiger partial charge on any atom is 0.350 e. The number of nitrogens with zero attached hydrogens (tertiary/aromatic N) is 2. The number of benzene rings is 2. The van der Waals surface area contributed by atoms with E-state index in [1.165, 1.54) is 12.0 Å². The van der Waals surface area contributed by atoms with Crippen molar-refractivity contribution in [3.8, 4) is 5.75 Å². The van der Waals surface area contributed by atoms with Crippen molar-refractivity contribution in [1.29, 1.82) is 0 Å². The Balaban J connectivity index is 1.90. The predicted molar refractivity (Wildman–Crippen MR) is 137 cm³/mol. The number of aliphatic hydroxyl groups is 1. The van der Waals surface area contributed by atoms with Gasteiger partial charge in [0.15, 0.2) is 5.13 Å². The molecule has 0 bridgehead atoms. The Morgan fingerprint density at radius 1 is 1.19 bits per heavy atom. The molecule has 0 spiro atoms. The maximum absolute atomic E-state index is 13.3. The van der Waals surface area contributed by atoms with Crippen LogP contribution in [0.25, 0.3) is 5.76 Å². The molecule has 0 saturated carbocycles. The van der Waals surface area contributed by atoms with Crippen molar-refractivity contribution < 1.29 is 29.0 Å². The van der Waals surface area contributed by atoms with Crippen LogP contribution in [-0.4, -0.2) is 41.5 Å². The smallest absolute Gasteiger partial charge is 0.350 e. The van der Waals surface area contributed by atoms with Crippen LogP contribution in [-0.2, 0) is 14.3 Å². The van der Waals surface area contributed by atoms with E-state index in [0.29, 0.717) is 34.2 Å². The molecule has 1 aromatic heterocycles. The number of ketones is 1. The number of thiazole rings is 1. The first-order valence-corrected chi connectivity index (χ1v) is 12.3. The molecule has 186 valence electrons. The molecule has 1 aliphatic heterocycles. The minimum absolute atomic E-state index is 0.123. The highest BCUT2D eigenvalue weighted by Gasteiger charge is 2.48. The summed E-state index contributed by atoms with van der Waals surface area (Å²) in [5.74, 6) is -2.21. The lowest BCUT2D eigenvalue weighted by Crippen LogP contribution is -2.29. The molecule has 0 radical (unpaired) electrons. The van der Waals surface area contributed by atoms with Gasteiger partial charge in [-0.3, -0.25) is 14.5 Å². The summed E-state index contributed by atoms with van der Waals surface area (Å²) in [5.41, 5.74) is 1.05. The van der Waals surface area contributed by atoms with Crippen LogP contribution in [0.5, 0.6) is 5.75 Å². The summed E-state index contributed by atoms with van der Waals surface area (Å²) >= 11 is 7.16. The monoisotopic (exact) mass is 526 g/mol. The van der Waals surface area contributed by atoms with Gasteiger partial charge in [-0.15, -0.1) is 0 Å². The Labute approximate surface area is 216 Å². The summed E-state index contributed by atoms with van der Waals surface area (Å²) in [7, 11) is 1.25. The number of ether oxygens (including phenoxy) is 2. The van der Waals surface area contributed by atoms with Crippen LogP contribution >= 0.6 is 22.9 Å². The molecule has 36 heavy (non-hydrogen) atoms. The van der Waals surface area contributed by atoms with E-state index in [-0.39, 0.29) is 21.3 Å². The van der Waals surface area contributed by atoms with Crippen molar-refractivity contribution >= 4 is 51.5 Å². The van der Waals surface area contributed by atoms with Crippen molar-refractivity contribution in [3.05, 3.63) is 80.8 Å². The number of carbonyl (C=O) groups excluding carboxylic acids is 3. The van der Waals surface area contributed by atoms with E-state index in [1.54, 1.807) is 55.5 Å². The van der Waals surface area contributed by atoms with Gasteiger partial charge in [0, 0.05) is 10.6 Å². The number of anilines is 1. The van der Waals surface area contributed by atoms with Crippen LogP contribution < -0.4 is 9.64 Å². The van der Waals surface area contributed by atoms with Crippen LogP contribution in [0.1, 0.15) is 45.9 Å². The molecule has 2 heterocycles. The second-order valence-corrected chi connectivity index (χ2v) is 9.42. The first kappa shape index (κ1) is 25.4. The normalized spacial score (nSPS) is 16.9. The molecule has 1 N–H and O–H groups in total. The number of aliphatic hydroxyl groups excluding tert-OH is 1. The largest absolute Gasteiger partial charge is 0.507 e. The van der Waals surface area contributed by atoms with Crippen LogP contribution in [0.2, 0.25) is 5.02 Å². The lowest BCUT2D eigenvalue weighted by atomic mass is 9.95. The summed E-state index contributed by atoms with van der Waals surface area (Å²) < 4.78 is 10.5. The molecule has 1 fully saturated rings. The molecule has 1 unspecified atom stereocenters. The SMILES string of the molecule is CCCOc1cccc(/C(O)=C2\C(=O)C(=O)N(c3nc(C)c(C(=O)OC)s3)C2c2cccc(Cl)c2)c1. The molecule has 1 amide bonds. The number of Topliss-reactive ketones (excluding diaryl/α,β-unsaturated/α-hetero) is 1. The third-order valence-electron chi connectivity index (χ3n) is 5.55. The lowest BCUT2D eigenvalue weighted by molar-refractivity contribution is -0.132. The zero-order valence-electron chi connectivity index (χ0n) is 19.8. The van der Waals surface area contributed by atoms with E-state index in [9.17, 15) is 19.5 Å². The van der Waals surface area contributed by atoms with E-state index >= 15 is 0 Å². The number of amides is 1. The van der Waals surface area contributed by atoms with E-state index in [0.717, 1.165) is 17.8 Å². The van der Waals surface area contributed by atoms with Gasteiger partial charge in [-0.1, -0.05) is 54.1 Å². The fraction of sp³-hybridized carbons (Fsp3) is 0.231. The summed E-state index contributed by atoms with van der Waals surface area (Å²) in [4.78, 5) is 44.6. The molecule has 8 nitrogen and oxygen atoms in total. The molecule has 10 heteroatoms. The number of methoxy groups -OCH3 is 1. The van der Waals surface area contributed by atoms with E-state index in [1.807, 2.05) is 6.92 Å². The van der Waals surface area contributed by atoms with Crippen LogP contribution in [0.3, 0.4) is 0 Å². The topological polar surface area (TPSA) is 106 Å². The molecule has 1 aliphatic rings. The van der Waals surface area contributed by atoms with Crippen molar-refractivity contribution in [2.45, 2.75) is 26.3 Å². The standard InChI is InChI=1S/C26H23ClN2O6S/c1-4-11-35-18-10-6-8-16(13-18)21(30)19-20(15-7-5-9-17(27)12-15)29(24(32)22(19)31)26-28-14(2)23(36-26)25(33)34-3/h5-10,12-13,20,30H,4,11H2,1-3H3/b21-19+. The van der Waals surface area contributed by atoms with Gasteiger partial charge >= 0.3 is 11.9 Å². The number of carbonyl (C=O) groups is 3. The fourth-order valence-electron chi connectivity index (χ4n) is 3.90. The number of aryl methyl sites for hydroxylation is 1. The fourth-order valence-corrected chi connectivity index (χ4v) is 5.11. The van der Waals surface area contributed by atoms with E-state index < -0.39 is 23.7 Å². The number of rotatable bonds is 7. The van der Waals surface area contributed by atoms with Crippen LogP contribution in [0.15, 0.2) is 54.1 Å². The zero-order chi connectivity index (χ0) is 26.0. The van der Waals surface area contributed by atoms with Crippen LogP contribution in [0.4, 0.5) is 5.13 Å². The molecule has 3 aromatic rings. The Bertz CT molecular complexity index is 1380. The van der Waals surface area contributed by atoms with Crippen molar-refractivity contribution in [2.75, 3.05) is 18.6 Å².